The van der Waals surface area contributed by atoms with Gasteiger partial charge in [-0.3, -0.25) is 14.4 Å². The van der Waals surface area contributed by atoms with Gasteiger partial charge in [0.1, 0.15) is 11.4 Å². The SMILES string of the molecule is CCc1ccc2c(c1)cc(C(=O)NCCNC(=O)c1ccc(OC3CCC(C(=O)O)CC3)cc1)n2C. The Hall–Kier alpha value is -3.81. The van der Waals surface area contributed by atoms with Crippen molar-refractivity contribution in [3.05, 3.63) is 65.4 Å². The van der Waals surface area contributed by atoms with Gasteiger partial charge >= 0.3 is 5.97 Å². The van der Waals surface area contributed by atoms with Gasteiger partial charge in [0.05, 0.1) is 12.0 Å². The molecule has 0 bridgehead atoms. The van der Waals surface area contributed by atoms with Crippen LogP contribution in [-0.2, 0) is 18.3 Å². The van der Waals surface area contributed by atoms with Crippen LogP contribution in [0, 0.1) is 5.92 Å². The maximum absolute atomic E-state index is 12.7. The van der Waals surface area contributed by atoms with Gasteiger partial charge in [-0.25, -0.2) is 0 Å². The zero-order chi connectivity index (χ0) is 25.7. The third-order valence-electron chi connectivity index (χ3n) is 6.89. The molecule has 1 heterocycles. The molecule has 8 heteroatoms. The van der Waals surface area contributed by atoms with Crippen molar-refractivity contribution >= 4 is 28.7 Å². The number of nitrogens with zero attached hydrogens (tertiary/aromatic N) is 1. The summed E-state index contributed by atoms with van der Waals surface area (Å²) < 4.78 is 7.83. The first-order chi connectivity index (χ1) is 17.4. The van der Waals surface area contributed by atoms with Crippen molar-refractivity contribution in [2.75, 3.05) is 13.1 Å². The Bertz CT molecular complexity index is 1240. The van der Waals surface area contributed by atoms with E-state index in [1.807, 2.05) is 23.7 Å². The minimum Gasteiger partial charge on any atom is -0.490 e. The molecule has 0 atom stereocenters. The molecule has 3 N–H and O–H groups in total. The lowest BCUT2D eigenvalue weighted by atomic mass is 9.87. The third kappa shape index (κ3) is 5.87. The topological polar surface area (TPSA) is 110 Å². The minimum atomic E-state index is -0.734. The number of fused-ring (bicyclic) bond motifs is 1. The molecule has 0 spiro atoms. The number of hydrogen-bond donors (Lipinski definition) is 3. The van der Waals surface area contributed by atoms with Gasteiger partial charge < -0.3 is 25.0 Å². The van der Waals surface area contributed by atoms with E-state index in [1.165, 1.54) is 5.56 Å². The summed E-state index contributed by atoms with van der Waals surface area (Å²) in [5.41, 5.74) is 3.32. The van der Waals surface area contributed by atoms with E-state index in [0.717, 1.165) is 17.3 Å². The van der Waals surface area contributed by atoms with Crippen LogP contribution in [0.15, 0.2) is 48.5 Å². The molecule has 0 radical (unpaired) electrons. The van der Waals surface area contributed by atoms with Crippen molar-refractivity contribution in [1.29, 1.82) is 0 Å². The molecule has 1 aromatic heterocycles. The fraction of sp³-hybridized carbons (Fsp3) is 0.393. The summed E-state index contributed by atoms with van der Waals surface area (Å²) >= 11 is 0. The minimum absolute atomic E-state index is 0.000553. The summed E-state index contributed by atoms with van der Waals surface area (Å²) in [6.07, 6.45) is 3.61. The first-order valence-electron chi connectivity index (χ1n) is 12.5. The summed E-state index contributed by atoms with van der Waals surface area (Å²) in [5.74, 6) is -0.753. The maximum atomic E-state index is 12.7. The number of benzene rings is 2. The number of aromatic nitrogens is 1. The highest BCUT2D eigenvalue weighted by Crippen LogP contribution is 2.28. The summed E-state index contributed by atoms with van der Waals surface area (Å²) in [6.45, 7) is 2.72. The smallest absolute Gasteiger partial charge is 0.306 e. The molecule has 0 saturated heterocycles. The van der Waals surface area contributed by atoms with Crippen molar-refractivity contribution in [2.45, 2.75) is 45.1 Å². The lowest BCUT2D eigenvalue weighted by molar-refractivity contribution is -0.143. The molecule has 36 heavy (non-hydrogen) atoms. The van der Waals surface area contributed by atoms with E-state index in [4.69, 9.17) is 9.84 Å². The predicted molar refractivity (Wildman–Crippen MR) is 137 cm³/mol. The Morgan fingerprint density at radius 1 is 0.944 bits per heavy atom. The average molecular weight is 492 g/mol. The lowest BCUT2D eigenvalue weighted by Gasteiger charge is -2.26. The van der Waals surface area contributed by atoms with Crippen LogP contribution >= 0.6 is 0 Å². The highest BCUT2D eigenvalue weighted by atomic mass is 16.5. The van der Waals surface area contributed by atoms with Gasteiger partial charge in [0.15, 0.2) is 0 Å². The number of hydrogen-bond acceptors (Lipinski definition) is 4. The second kappa shape index (κ2) is 11.3. The number of aliphatic carboxylic acids is 1. The Labute approximate surface area is 210 Å². The molecule has 0 unspecified atom stereocenters. The molecule has 0 aliphatic heterocycles. The van der Waals surface area contributed by atoms with Gasteiger partial charge in [-0.2, -0.15) is 0 Å². The Kier molecular flexibility index (Phi) is 7.93. The quantitative estimate of drug-likeness (QED) is 0.393. The third-order valence-corrected chi connectivity index (χ3v) is 6.89. The standard InChI is InChI=1S/C28H33N3O5/c1-3-18-4-13-24-21(16-18)17-25(31(24)2)27(33)30-15-14-29-26(32)19-5-9-22(10-6-19)36-23-11-7-20(8-12-23)28(34)35/h4-6,9-10,13,16-17,20,23H,3,7-8,11-12,14-15H2,1-2H3,(H,29,32)(H,30,33)(H,34,35). The number of carbonyl (C=O) groups is 3. The van der Waals surface area contributed by atoms with E-state index < -0.39 is 5.97 Å². The maximum Gasteiger partial charge on any atom is 0.306 e. The van der Waals surface area contributed by atoms with E-state index in [1.54, 1.807) is 24.3 Å². The molecule has 190 valence electrons. The van der Waals surface area contributed by atoms with Crippen LogP contribution in [-0.4, -0.2) is 46.7 Å². The molecule has 3 aromatic rings. The molecule has 1 saturated carbocycles. The highest BCUT2D eigenvalue weighted by molar-refractivity contribution is 5.99. The Morgan fingerprint density at radius 3 is 2.25 bits per heavy atom. The first-order valence-corrected chi connectivity index (χ1v) is 12.5. The molecule has 1 aliphatic rings. The van der Waals surface area contributed by atoms with Crippen molar-refractivity contribution in [2.24, 2.45) is 13.0 Å². The van der Waals surface area contributed by atoms with Crippen LogP contribution in [0.4, 0.5) is 0 Å². The van der Waals surface area contributed by atoms with Crippen LogP contribution in [0.3, 0.4) is 0 Å². The van der Waals surface area contributed by atoms with Gasteiger partial charge in [0.2, 0.25) is 0 Å². The van der Waals surface area contributed by atoms with Crippen molar-refractivity contribution in [3.8, 4) is 5.75 Å². The fourth-order valence-corrected chi connectivity index (χ4v) is 4.69. The normalized spacial score (nSPS) is 17.5. The average Bonchev–Trinajstić information content (AvgIpc) is 3.22. The second-order valence-corrected chi connectivity index (χ2v) is 9.30. The molecular formula is C28H33N3O5. The van der Waals surface area contributed by atoms with E-state index in [2.05, 4.69) is 29.7 Å². The van der Waals surface area contributed by atoms with Crippen LogP contribution < -0.4 is 15.4 Å². The van der Waals surface area contributed by atoms with Crippen molar-refractivity contribution < 1.29 is 24.2 Å². The summed E-state index contributed by atoms with van der Waals surface area (Å²) in [5, 5.41) is 15.8. The van der Waals surface area contributed by atoms with Crippen LogP contribution in [0.5, 0.6) is 5.75 Å². The van der Waals surface area contributed by atoms with Crippen LogP contribution in [0.25, 0.3) is 10.9 Å². The molecule has 1 fully saturated rings. The number of carbonyl (C=O) groups excluding carboxylic acids is 2. The molecule has 8 nitrogen and oxygen atoms in total. The van der Waals surface area contributed by atoms with E-state index in [0.29, 0.717) is 55.8 Å². The van der Waals surface area contributed by atoms with Gasteiger partial charge in [-0.1, -0.05) is 13.0 Å². The Balaban J connectivity index is 1.22. The van der Waals surface area contributed by atoms with Gasteiger partial charge in [0.25, 0.3) is 11.8 Å². The second-order valence-electron chi connectivity index (χ2n) is 9.30. The van der Waals surface area contributed by atoms with Crippen LogP contribution in [0.1, 0.15) is 59.0 Å². The molecule has 2 aromatic carbocycles. The number of carboxylic acids is 1. The van der Waals surface area contributed by atoms with E-state index in [-0.39, 0.29) is 23.8 Å². The summed E-state index contributed by atoms with van der Waals surface area (Å²) in [4.78, 5) is 36.2. The number of aryl methyl sites for hydroxylation is 2. The summed E-state index contributed by atoms with van der Waals surface area (Å²) in [6, 6.07) is 15.0. The predicted octanol–water partition coefficient (Wildman–Crippen LogP) is 3.92. The Morgan fingerprint density at radius 2 is 1.61 bits per heavy atom. The molecule has 1 aliphatic carbocycles. The number of amides is 2. The van der Waals surface area contributed by atoms with E-state index >= 15 is 0 Å². The van der Waals surface area contributed by atoms with Crippen molar-refractivity contribution in [3.63, 3.8) is 0 Å². The van der Waals surface area contributed by atoms with Gasteiger partial charge in [0, 0.05) is 36.6 Å². The van der Waals surface area contributed by atoms with E-state index in [9.17, 15) is 14.4 Å². The lowest BCUT2D eigenvalue weighted by Crippen LogP contribution is -2.35. The molecule has 2 amide bonds. The zero-order valence-electron chi connectivity index (χ0n) is 20.8. The van der Waals surface area contributed by atoms with Crippen molar-refractivity contribution in [1.82, 2.24) is 15.2 Å². The van der Waals surface area contributed by atoms with Gasteiger partial charge in [-0.15, -0.1) is 0 Å². The monoisotopic (exact) mass is 491 g/mol. The summed E-state index contributed by atoms with van der Waals surface area (Å²) in [7, 11) is 1.87. The molecule has 4 rings (SSSR count). The van der Waals surface area contributed by atoms with Crippen LogP contribution in [0.2, 0.25) is 0 Å². The number of nitrogens with one attached hydrogen (secondary N) is 2. The number of ether oxygens (including phenoxy) is 1. The molecular weight excluding hydrogens is 458 g/mol. The van der Waals surface area contributed by atoms with Gasteiger partial charge in [-0.05, 0) is 80.1 Å². The highest BCUT2D eigenvalue weighted by Gasteiger charge is 2.26. The largest absolute Gasteiger partial charge is 0.490 e. The zero-order valence-corrected chi connectivity index (χ0v) is 20.8. The first kappa shape index (κ1) is 25.3. The fourth-order valence-electron chi connectivity index (χ4n) is 4.69. The number of rotatable bonds is 9. The number of carboxylic acid groups (broad SMARTS) is 1.